The average Bonchev–Trinajstić information content (AvgIpc) is 3.23. The predicted octanol–water partition coefficient (Wildman–Crippen LogP) is 3.59. The Kier molecular flexibility index (Phi) is 2.95. The first-order valence-corrected chi connectivity index (χ1v) is 6.33. The van der Waals surface area contributed by atoms with E-state index in [-0.39, 0.29) is 0 Å². The number of carboxylic acids is 1. The lowest BCUT2D eigenvalue weighted by atomic mass is 10.00. The first kappa shape index (κ1) is 11.8. The zero-order valence-corrected chi connectivity index (χ0v) is 10.4. The molecule has 1 N–H and O–H groups in total. The SMILES string of the molecule is O=C(O)c1ccccc1-c1cccc(OC2CC2)c1. The van der Waals surface area contributed by atoms with Crippen LogP contribution in [0.4, 0.5) is 0 Å². The van der Waals surface area contributed by atoms with Crippen molar-refractivity contribution in [2.24, 2.45) is 0 Å². The maximum absolute atomic E-state index is 11.2. The van der Waals surface area contributed by atoms with Gasteiger partial charge in [-0.25, -0.2) is 4.79 Å². The average molecular weight is 254 g/mol. The van der Waals surface area contributed by atoms with Crippen LogP contribution in [0.5, 0.6) is 5.75 Å². The number of carbonyl (C=O) groups is 1. The largest absolute Gasteiger partial charge is 0.490 e. The molecule has 0 spiro atoms. The van der Waals surface area contributed by atoms with E-state index in [1.54, 1.807) is 12.1 Å². The fraction of sp³-hybridized carbons (Fsp3) is 0.188. The molecule has 3 nitrogen and oxygen atoms in total. The maximum Gasteiger partial charge on any atom is 0.336 e. The Morgan fingerprint density at radius 2 is 1.89 bits per heavy atom. The molecule has 0 aromatic heterocycles. The van der Waals surface area contributed by atoms with Crippen LogP contribution in [0.25, 0.3) is 11.1 Å². The zero-order valence-electron chi connectivity index (χ0n) is 10.4. The van der Waals surface area contributed by atoms with Crippen molar-refractivity contribution >= 4 is 5.97 Å². The molecule has 0 atom stereocenters. The van der Waals surface area contributed by atoms with Gasteiger partial charge in [0.25, 0.3) is 0 Å². The van der Waals surface area contributed by atoms with E-state index in [2.05, 4.69) is 0 Å². The summed E-state index contributed by atoms with van der Waals surface area (Å²) in [5, 5.41) is 9.22. The highest BCUT2D eigenvalue weighted by molar-refractivity contribution is 5.96. The lowest BCUT2D eigenvalue weighted by molar-refractivity contribution is 0.0697. The van der Waals surface area contributed by atoms with Gasteiger partial charge >= 0.3 is 5.97 Å². The monoisotopic (exact) mass is 254 g/mol. The fourth-order valence-corrected chi connectivity index (χ4v) is 2.04. The van der Waals surface area contributed by atoms with Crippen molar-refractivity contribution in [3.8, 4) is 16.9 Å². The number of hydrogen-bond acceptors (Lipinski definition) is 2. The molecule has 1 saturated carbocycles. The fourth-order valence-electron chi connectivity index (χ4n) is 2.04. The van der Waals surface area contributed by atoms with Gasteiger partial charge in [0.05, 0.1) is 11.7 Å². The smallest absolute Gasteiger partial charge is 0.336 e. The zero-order chi connectivity index (χ0) is 13.2. The Morgan fingerprint density at radius 1 is 1.11 bits per heavy atom. The standard InChI is InChI=1S/C16H14O3/c17-16(18)15-7-2-1-6-14(15)11-4-3-5-13(10-11)19-12-8-9-12/h1-7,10,12H,8-9H2,(H,17,18). The molecule has 0 bridgehead atoms. The molecule has 1 fully saturated rings. The van der Waals surface area contributed by atoms with Crippen LogP contribution in [0.1, 0.15) is 23.2 Å². The Balaban J connectivity index is 1.99. The van der Waals surface area contributed by atoms with Gasteiger partial charge in [-0.2, -0.15) is 0 Å². The summed E-state index contributed by atoms with van der Waals surface area (Å²) in [7, 11) is 0. The van der Waals surface area contributed by atoms with Crippen molar-refractivity contribution in [1.82, 2.24) is 0 Å². The molecule has 96 valence electrons. The van der Waals surface area contributed by atoms with Crippen molar-refractivity contribution in [1.29, 1.82) is 0 Å². The van der Waals surface area contributed by atoms with Gasteiger partial charge in [0.1, 0.15) is 5.75 Å². The number of carboxylic acid groups (broad SMARTS) is 1. The van der Waals surface area contributed by atoms with Crippen LogP contribution in [0, 0.1) is 0 Å². The molecule has 0 radical (unpaired) electrons. The summed E-state index contributed by atoms with van der Waals surface area (Å²) in [5.41, 5.74) is 1.90. The predicted molar refractivity (Wildman–Crippen MR) is 72.5 cm³/mol. The summed E-state index contributed by atoms with van der Waals surface area (Å²) < 4.78 is 5.74. The van der Waals surface area contributed by atoms with Crippen LogP contribution in [0.15, 0.2) is 48.5 Å². The number of aromatic carboxylic acids is 1. The topological polar surface area (TPSA) is 46.5 Å². The van der Waals surface area contributed by atoms with Gasteiger partial charge in [-0.3, -0.25) is 0 Å². The van der Waals surface area contributed by atoms with E-state index in [4.69, 9.17) is 4.74 Å². The number of hydrogen-bond donors (Lipinski definition) is 1. The van der Waals surface area contributed by atoms with Crippen LogP contribution in [-0.2, 0) is 0 Å². The molecular weight excluding hydrogens is 240 g/mol. The number of ether oxygens (including phenoxy) is 1. The Morgan fingerprint density at radius 3 is 2.63 bits per heavy atom. The molecule has 3 rings (SSSR count). The van der Waals surface area contributed by atoms with Gasteiger partial charge in [0.15, 0.2) is 0 Å². The van der Waals surface area contributed by atoms with Crippen LogP contribution in [-0.4, -0.2) is 17.2 Å². The molecular formula is C16H14O3. The van der Waals surface area contributed by atoms with E-state index in [1.165, 1.54) is 0 Å². The summed E-state index contributed by atoms with van der Waals surface area (Å²) in [6.07, 6.45) is 2.55. The molecule has 0 unspecified atom stereocenters. The second-order valence-electron chi connectivity index (χ2n) is 4.70. The van der Waals surface area contributed by atoms with Crippen molar-refractivity contribution < 1.29 is 14.6 Å². The molecule has 0 saturated heterocycles. The van der Waals surface area contributed by atoms with Crippen LogP contribution in [0.2, 0.25) is 0 Å². The second-order valence-corrected chi connectivity index (χ2v) is 4.70. The third-order valence-electron chi connectivity index (χ3n) is 3.13. The molecule has 0 amide bonds. The molecule has 1 aliphatic rings. The summed E-state index contributed by atoms with van der Waals surface area (Å²) >= 11 is 0. The minimum atomic E-state index is -0.913. The van der Waals surface area contributed by atoms with Gasteiger partial charge in [-0.15, -0.1) is 0 Å². The molecule has 3 heteroatoms. The van der Waals surface area contributed by atoms with E-state index in [0.717, 1.165) is 29.7 Å². The van der Waals surface area contributed by atoms with Crippen molar-refractivity contribution in [2.45, 2.75) is 18.9 Å². The third-order valence-corrected chi connectivity index (χ3v) is 3.13. The van der Waals surface area contributed by atoms with E-state index in [0.29, 0.717) is 11.7 Å². The van der Waals surface area contributed by atoms with Gasteiger partial charge in [0, 0.05) is 0 Å². The van der Waals surface area contributed by atoms with Crippen LogP contribution >= 0.6 is 0 Å². The van der Waals surface area contributed by atoms with Crippen molar-refractivity contribution in [2.75, 3.05) is 0 Å². The summed E-state index contributed by atoms with van der Waals surface area (Å²) in [5.74, 6) is -0.107. The van der Waals surface area contributed by atoms with Crippen molar-refractivity contribution in [3.05, 3.63) is 54.1 Å². The van der Waals surface area contributed by atoms with Crippen LogP contribution in [0.3, 0.4) is 0 Å². The Hall–Kier alpha value is -2.29. The number of benzene rings is 2. The van der Waals surface area contributed by atoms with Gasteiger partial charge < -0.3 is 9.84 Å². The van der Waals surface area contributed by atoms with Crippen LogP contribution < -0.4 is 4.74 Å². The number of rotatable bonds is 4. The van der Waals surface area contributed by atoms with E-state index in [9.17, 15) is 9.90 Å². The van der Waals surface area contributed by atoms with E-state index < -0.39 is 5.97 Å². The molecule has 0 aliphatic heterocycles. The highest BCUT2D eigenvalue weighted by Crippen LogP contribution is 2.31. The van der Waals surface area contributed by atoms with E-state index in [1.807, 2.05) is 36.4 Å². The highest BCUT2D eigenvalue weighted by atomic mass is 16.5. The van der Waals surface area contributed by atoms with Gasteiger partial charge in [-0.1, -0.05) is 30.3 Å². The van der Waals surface area contributed by atoms with E-state index >= 15 is 0 Å². The summed E-state index contributed by atoms with van der Waals surface area (Å²) in [6.45, 7) is 0. The minimum Gasteiger partial charge on any atom is -0.490 e. The first-order chi connectivity index (χ1) is 9.24. The van der Waals surface area contributed by atoms with Crippen molar-refractivity contribution in [3.63, 3.8) is 0 Å². The summed E-state index contributed by atoms with van der Waals surface area (Å²) in [6, 6.07) is 14.6. The Labute approximate surface area is 111 Å². The van der Waals surface area contributed by atoms with Gasteiger partial charge in [-0.05, 0) is 42.2 Å². The lowest BCUT2D eigenvalue weighted by Crippen LogP contribution is -2.00. The molecule has 0 heterocycles. The third kappa shape index (κ3) is 2.60. The molecule has 1 aliphatic carbocycles. The molecule has 2 aromatic rings. The normalized spacial score (nSPS) is 14.1. The minimum absolute atomic E-state index is 0.311. The summed E-state index contributed by atoms with van der Waals surface area (Å²) in [4.78, 5) is 11.2. The first-order valence-electron chi connectivity index (χ1n) is 6.33. The second kappa shape index (κ2) is 4.76. The Bertz CT molecular complexity index is 615. The lowest BCUT2D eigenvalue weighted by Gasteiger charge is -2.09. The highest BCUT2D eigenvalue weighted by Gasteiger charge is 2.23. The molecule has 19 heavy (non-hydrogen) atoms. The molecule has 2 aromatic carbocycles. The quantitative estimate of drug-likeness (QED) is 0.906. The van der Waals surface area contributed by atoms with Gasteiger partial charge in [0.2, 0.25) is 0 Å². The maximum atomic E-state index is 11.2.